The molecule has 3 nitrogen and oxygen atoms in total. The normalized spacial score (nSPS) is 23.9. The lowest BCUT2D eigenvalue weighted by Crippen LogP contribution is -2.36. The first-order valence-electron chi connectivity index (χ1n) is 8.81. The van der Waals surface area contributed by atoms with Gasteiger partial charge in [-0.3, -0.25) is 4.79 Å². The van der Waals surface area contributed by atoms with E-state index in [9.17, 15) is 4.79 Å². The zero-order valence-electron chi connectivity index (χ0n) is 13.7. The van der Waals surface area contributed by atoms with Gasteiger partial charge in [0, 0.05) is 25.4 Å². The molecular weight excluding hydrogens is 272 g/mol. The van der Waals surface area contributed by atoms with Gasteiger partial charge in [-0.1, -0.05) is 37.3 Å². The van der Waals surface area contributed by atoms with Gasteiger partial charge in [-0.15, -0.1) is 0 Å². The lowest BCUT2D eigenvalue weighted by molar-refractivity contribution is -0.131. The average Bonchev–Trinajstić information content (AvgIpc) is 3.06. The number of hydrogen-bond acceptors (Lipinski definition) is 2. The standard InChI is InChI=1S/C19H28N2O/c1-2-20-11-8-16(9-12-20)14-19(22)21-13-10-18(15-21)17-6-4-3-5-7-17/h3-7,16,18H,2,8-15H2,1H3. The van der Waals surface area contributed by atoms with E-state index in [1.54, 1.807) is 0 Å². The summed E-state index contributed by atoms with van der Waals surface area (Å²) in [5.74, 6) is 1.52. The highest BCUT2D eigenvalue weighted by Gasteiger charge is 2.29. The summed E-state index contributed by atoms with van der Waals surface area (Å²) in [6.45, 7) is 7.55. The van der Waals surface area contributed by atoms with Gasteiger partial charge in [0.15, 0.2) is 0 Å². The first-order chi connectivity index (χ1) is 10.8. The molecule has 2 aliphatic heterocycles. The van der Waals surface area contributed by atoms with Crippen LogP contribution in [0.1, 0.15) is 44.1 Å². The van der Waals surface area contributed by atoms with Crippen LogP contribution < -0.4 is 0 Å². The van der Waals surface area contributed by atoms with Crippen LogP contribution in [0.4, 0.5) is 0 Å². The molecule has 2 aliphatic rings. The van der Waals surface area contributed by atoms with Crippen LogP contribution in [0.25, 0.3) is 0 Å². The topological polar surface area (TPSA) is 23.6 Å². The van der Waals surface area contributed by atoms with Crippen LogP contribution in [-0.4, -0.2) is 48.4 Å². The van der Waals surface area contributed by atoms with Crippen LogP contribution in [0.5, 0.6) is 0 Å². The van der Waals surface area contributed by atoms with E-state index in [1.165, 1.54) is 31.5 Å². The third-order valence-electron chi connectivity index (χ3n) is 5.43. The molecule has 0 radical (unpaired) electrons. The van der Waals surface area contributed by atoms with Gasteiger partial charge in [0.2, 0.25) is 5.91 Å². The molecule has 0 saturated carbocycles. The Balaban J connectivity index is 1.48. The number of likely N-dealkylation sites (tertiary alicyclic amines) is 2. The van der Waals surface area contributed by atoms with Crippen LogP contribution in [0.3, 0.4) is 0 Å². The highest BCUT2D eigenvalue weighted by atomic mass is 16.2. The van der Waals surface area contributed by atoms with Crippen LogP contribution in [-0.2, 0) is 4.79 Å². The van der Waals surface area contributed by atoms with Crippen molar-refractivity contribution in [1.82, 2.24) is 9.80 Å². The molecule has 1 amide bonds. The molecule has 0 spiro atoms. The maximum atomic E-state index is 12.6. The van der Waals surface area contributed by atoms with Gasteiger partial charge in [-0.25, -0.2) is 0 Å². The molecule has 2 heterocycles. The third-order valence-corrected chi connectivity index (χ3v) is 5.43. The predicted octanol–water partition coefficient (Wildman–Crippen LogP) is 3.12. The summed E-state index contributed by atoms with van der Waals surface area (Å²) in [6, 6.07) is 10.6. The fraction of sp³-hybridized carbons (Fsp3) is 0.632. The number of carbonyl (C=O) groups is 1. The summed E-state index contributed by atoms with van der Waals surface area (Å²) in [5, 5.41) is 0. The SMILES string of the molecule is CCN1CCC(CC(=O)N2CCC(c3ccccc3)C2)CC1. The molecule has 1 unspecified atom stereocenters. The van der Waals surface area contributed by atoms with Crippen LogP contribution >= 0.6 is 0 Å². The van der Waals surface area contributed by atoms with E-state index in [-0.39, 0.29) is 0 Å². The van der Waals surface area contributed by atoms with Gasteiger partial charge in [-0.05, 0) is 50.4 Å². The Hall–Kier alpha value is -1.35. The lowest BCUT2D eigenvalue weighted by atomic mass is 9.93. The number of rotatable bonds is 4. The van der Waals surface area contributed by atoms with Crippen LogP contribution in [0, 0.1) is 5.92 Å². The van der Waals surface area contributed by atoms with E-state index < -0.39 is 0 Å². The smallest absolute Gasteiger partial charge is 0.222 e. The molecule has 120 valence electrons. The van der Waals surface area contributed by atoms with Crippen LogP contribution in [0.2, 0.25) is 0 Å². The van der Waals surface area contributed by atoms with Crippen LogP contribution in [0.15, 0.2) is 30.3 Å². The van der Waals surface area contributed by atoms with Crippen molar-refractivity contribution in [2.24, 2.45) is 5.92 Å². The van der Waals surface area contributed by atoms with E-state index in [1.807, 2.05) is 0 Å². The van der Waals surface area contributed by atoms with Gasteiger partial charge < -0.3 is 9.80 Å². The van der Waals surface area contributed by atoms with E-state index in [0.717, 1.165) is 32.5 Å². The second-order valence-electron chi connectivity index (χ2n) is 6.82. The van der Waals surface area contributed by atoms with Crippen molar-refractivity contribution in [3.8, 4) is 0 Å². The minimum atomic E-state index is 0.383. The fourth-order valence-electron chi connectivity index (χ4n) is 3.87. The average molecular weight is 300 g/mol. The molecule has 1 aromatic rings. The molecule has 2 fully saturated rings. The highest BCUT2D eigenvalue weighted by molar-refractivity contribution is 5.76. The molecular formula is C19H28N2O. The van der Waals surface area contributed by atoms with Crippen molar-refractivity contribution in [2.45, 2.75) is 38.5 Å². The second kappa shape index (κ2) is 7.28. The van der Waals surface area contributed by atoms with Gasteiger partial charge in [0.25, 0.3) is 0 Å². The van der Waals surface area contributed by atoms with Gasteiger partial charge in [0.05, 0.1) is 0 Å². The first kappa shape index (κ1) is 15.5. The summed E-state index contributed by atoms with van der Waals surface area (Å²) < 4.78 is 0. The second-order valence-corrected chi connectivity index (χ2v) is 6.82. The molecule has 0 bridgehead atoms. The Morgan fingerprint density at radius 2 is 1.82 bits per heavy atom. The summed E-state index contributed by atoms with van der Waals surface area (Å²) >= 11 is 0. The summed E-state index contributed by atoms with van der Waals surface area (Å²) in [7, 11) is 0. The van der Waals surface area contributed by atoms with Gasteiger partial charge in [0.1, 0.15) is 0 Å². The number of carbonyl (C=O) groups excluding carboxylic acids is 1. The Morgan fingerprint density at radius 1 is 1.09 bits per heavy atom. The first-order valence-corrected chi connectivity index (χ1v) is 8.81. The monoisotopic (exact) mass is 300 g/mol. The Bertz CT molecular complexity index is 479. The lowest BCUT2D eigenvalue weighted by Gasteiger charge is -2.31. The molecule has 22 heavy (non-hydrogen) atoms. The maximum Gasteiger partial charge on any atom is 0.222 e. The summed E-state index contributed by atoms with van der Waals surface area (Å²) in [5.41, 5.74) is 1.38. The summed E-state index contributed by atoms with van der Waals surface area (Å²) in [4.78, 5) is 17.1. The molecule has 0 aromatic heterocycles. The number of piperidine rings is 1. The minimum absolute atomic E-state index is 0.383. The quantitative estimate of drug-likeness (QED) is 0.853. The maximum absolute atomic E-state index is 12.6. The largest absolute Gasteiger partial charge is 0.342 e. The van der Waals surface area contributed by atoms with Crippen molar-refractivity contribution in [3.63, 3.8) is 0 Å². The van der Waals surface area contributed by atoms with E-state index in [2.05, 4.69) is 47.1 Å². The van der Waals surface area contributed by atoms with E-state index >= 15 is 0 Å². The molecule has 2 saturated heterocycles. The number of benzene rings is 1. The van der Waals surface area contributed by atoms with Gasteiger partial charge in [-0.2, -0.15) is 0 Å². The Kier molecular flexibility index (Phi) is 5.14. The van der Waals surface area contributed by atoms with Crippen molar-refractivity contribution in [1.29, 1.82) is 0 Å². The highest BCUT2D eigenvalue weighted by Crippen LogP contribution is 2.29. The zero-order chi connectivity index (χ0) is 15.4. The molecule has 3 heteroatoms. The molecule has 1 atom stereocenters. The number of hydrogen-bond donors (Lipinski definition) is 0. The Labute approximate surface area is 134 Å². The minimum Gasteiger partial charge on any atom is -0.342 e. The van der Waals surface area contributed by atoms with E-state index in [0.29, 0.717) is 17.7 Å². The Morgan fingerprint density at radius 3 is 2.50 bits per heavy atom. The predicted molar refractivity (Wildman–Crippen MR) is 89.8 cm³/mol. The van der Waals surface area contributed by atoms with Crippen molar-refractivity contribution in [2.75, 3.05) is 32.7 Å². The number of nitrogens with zero attached hydrogens (tertiary/aromatic N) is 2. The van der Waals surface area contributed by atoms with Crippen molar-refractivity contribution < 1.29 is 4.79 Å². The van der Waals surface area contributed by atoms with E-state index in [4.69, 9.17) is 0 Å². The van der Waals surface area contributed by atoms with Gasteiger partial charge >= 0.3 is 0 Å². The zero-order valence-corrected chi connectivity index (χ0v) is 13.7. The number of amides is 1. The van der Waals surface area contributed by atoms with Crippen molar-refractivity contribution >= 4 is 5.91 Å². The third kappa shape index (κ3) is 3.70. The summed E-state index contributed by atoms with van der Waals surface area (Å²) in [6.07, 6.45) is 4.26. The molecule has 1 aromatic carbocycles. The molecule has 0 N–H and O–H groups in total. The molecule has 3 rings (SSSR count). The molecule has 0 aliphatic carbocycles. The fourth-order valence-corrected chi connectivity index (χ4v) is 3.87. The van der Waals surface area contributed by atoms with Crippen molar-refractivity contribution in [3.05, 3.63) is 35.9 Å².